The van der Waals surface area contributed by atoms with E-state index >= 15 is 0 Å². The van der Waals surface area contributed by atoms with Crippen LogP contribution in [0.4, 0.5) is 17.6 Å². The third-order valence-corrected chi connectivity index (χ3v) is 8.69. The van der Waals surface area contributed by atoms with Gasteiger partial charge in [0.2, 0.25) is 5.88 Å². The number of alkyl halides is 3. The molecule has 2 aromatic rings. The molecule has 2 aliphatic heterocycles. The summed E-state index contributed by atoms with van der Waals surface area (Å²) >= 11 is 0. The van der Waals surface area contributed by atoms with Crippen LogP contribution in [-0.4, -0.2) is 65.7 Å². The standard InChI is InChI=1S/C29H35F4N3O2/c1-20-4-2-13-36(20)27(37)22-5-7-24(25(30)16-22)23-6-8-26(34-17-23)38-18-21-9-14-35(15-10-21)19-28(11-3-12-28)29(31,32)33/h5-8,16-17,20-21H,2-4,9-15,18-19H2,1H3. The van der Waals surface area contributed by atoms with E-state index in [-0.39, 0.29) is 37.3 Å². The Labute approximate surface area is 221 Å². The molecule has 206 valence electrons. The van der Waals surface area contributed by atoms with Gasteiger partial charge in [-0.2, -0.15) is 13.2 Å². The summed E-state index contributed by atoms with van der Waals surface area (Å²) in [6.07, 6.45) is 2.08. The van der Waals surface area contributed by atoms with Crippen LogP contribution in [-0.2, 0) is 0 Å². The van der Waals surface area contributed by atoms with Gasteiger partial charge < -0.3 is 14.5 Å². The van der Waals surface area contributed by atoms with Crippen molar-refractivity contribution in [1.29, 1.82) is 0 Å². The maximum absolute atomic E-state index is 14.9. The molecule has 1 aromatic heterocycles. The lowest BCUT2D eigenvalue weighted by molar-refractivity contribution is -0.256. The molecular formula is C29H35F4N3O2. The SMILES string of the molecule is CC1CCCN1C(=O)c1ccc(-c2ccc(OCC3CCN(CC4(C(F)(F)F)CCC4)CC3)nc2)c(F)c1. The van der Waals surface area contributed by atoms with Crippen molar-refractivity contribution in [2.45, 2.75) is 64.1 Å². The fourth-order valence-corrected chi connectivity index (χ4v) is 5.99. The van der Waals surface area contributed by atoms with Gasteiger partial charge in [-0.05, 0) is 82.7 Å². The van der Waals surface area contributed by atoms with E-state index in [1.54, 1.807) is 35.4 Å². The summed E-state index contributed by atoms with van der Waals surface area (Å²) in [5, 5.41) is 0. The molecular weight excluding hydrogens is 498 g/mol. The van der Waals surface area contributed by atoms with Gasteiger partial charge in [-0.15, -0.1) is 0 Å². The number of ether oxygens (including phenoxy) is 1. The minimum absolute atomic E-state index is 0.107. The number of nitrogens with zero attached hydrogens (tertiary/aromatic N) is 3. The fraction of sp³-hybridized carbons (Fsp3) is 0.586. The summed E-state index contributed by atoms with van der Waals surface area (Å²) < 4.78 is 61.2. The van der Waals surface area contributed by atoms with Crippen LogP contribution in [0.2, 0.25) is 0 Å². The van der Waals surface area contributed by atoms with E-state index in [1.165, 1.54) is 6.07 Å². The Morgan fingerprint density at radius 1 is 1.08 bits per heavy atom. The second-order valence-corrected chi connectivity index (χ2v) is 11.2. The summed E-state index contributed by atoms with van der Waals surface area (Å²) in [4.78, 5) is 20.8. The Bertz CT molecular complexity index is 1130. The molecule has 3 heterocycles. The van der Waals surface area contributed by atoms with Gasteiger partial charge in [0.25, 0.3) is 5.91 Å². The molecule has 1 saturated carbocycles. The largest absolute Gasteiger partial charge is 0.477 e. The van der Waals surface area contributed by atoms with Gasteiger partial charge in [-0.3, -0.25) is 4.79 Å². The second-order valence-electron chi connectivity index (χ2n) is 11.2. The van der Waals surface area contributed by atoms with Crippen LogP contribution in [0, 0.1) is 17.2 Å². The third-order valence-electron chi connectivity index (χ3n) is 8.69. The first-order valence-electron chi connectivity index (χ1n) is 13.6. The quantitative estimate of drug-likeness (QED) is 0.390. The number of benzene rings is 1. The van der Waals surface area contributed by atoms with Gasteiger partial charge in [-0.1, -0.05) is 12.5 Å². The Kier molecular flexibility index (Phi) is 7.67. The van der Waals surface area contributed by atoms with Gasteiger partial charge in [0.05, 0.1) is 12.0 Å². The Morgan fingerprint density at radius 2 is 1.84 bits per heavy atom. The first-order valence-corrected chi connectivity index (χ1v) is 13.6. The van der Waals surface area contributed by atoms with Crippen LogP contribution in [0.3, 0.4) is 0 Å². The maximum Gasteiger partial charge on any atom is 0.395 e. The summed E-state index contributed by atoms with van der Waals surface area (Å²) in [6.45, 7) is 4.56. The molecule has 3 fully saturated rings. The lowest BCUT2D eigenvalue weighted by Crippen LogP contribution is -2.53. The molecule has 0 bridgehead atoms. The predicted octanol–water partition coefficient (Wildman–Crippen LogP) is 6.34. The number of hydrogen-bond acceptors (Lipinski definition) is 4. The average molecular weight is 534 g/mol. The molecule has 1 aliphatic carbocycles. The number of piperidine rings is 1. The molecule has 5 nitrogen and oxygen atoms in total. The van der Waals surface area contributed by atoms with Crippen LogP contribution in [0.5, 0.6) is 5.88 Å². The van der Waals surface area contributed by atoms with Crippen LogP contribution in [0.1, 0.15) is 62.2 Å². The first kappa shape index (κ1) is 26.9. The summed E-state index contributed by atoms with van der Waals surface area (Å²) in [5.74, 6) is 0.0730. The lowest BCUT2D eigenvalue weighted by atomic mass is 9.67. The molecule has 5 rings (SSSR count). The zero-order valence-electron chi connectivity index (χ0n) is 21.8. The van der Waals surface area contributed by atoms with E-state index in [0.717, 1.165) is 25.7 Å². The normalized spacial score (nSPS) is 22.3. The highest BCUT2D eigenvalue weighted by molar-refractivity contribution is 5.95. The number of carbonyl (C=O) groups is 1. The van der Waals surface area contributed by atoms with E-state index < -0.39 is 17.4 Å². The van der Waals surface area contributed by atoms with Crippen LogP contribution in [0.25, 0.3) is 11.1 Å². The Balaban J connectivity index is 1.11. The van der Waals surface area contributed by atoms with Crippen molar-refractivity contribution in [3.05, 3.63) is 47.9 Å². The lowest BCUT2D eigenvalue weighted by Gasteiger charge is -2.47. The molecule has 0 N–H and O–H groups in total. The second kappa shape index (κ2) is 10.8. The monoisotopic (exact) mass is 533 g/mol. The average Bonchev–Trinajstić information content (AvgIpc) is 3.30. The van der Waals surface area contributed by atoms with E-state index in [0.29, 0.717) is 55.2 Å². The molecule has 1 amide bonds. The number of rotatable bonds is 7. The highest BCUT2D eigenvalue weighted by atomic mass is 19.4. The maximum atomic E-state index is 14.9. The molecule has 1 aromatic carbocycles. The van der Waals surface area contributed by atoms with Gasteiger partial charge in [0.1, 0.15) is 5.82 Å². The molecule has 0 spiro atoms. The Hall–Kier alpha value is -2.68. The number of hydrogen-bond donors (Lipinski definition) is 0. The zero-order valence-corrected chi connectivity index (χ0v) is 21.8. The smallest absolute Gasteiger partial charge is 0.395 e. The van der Waals surface area contributed by atoms with Crippen molar-refractivity contribution >= 4 is 5.91 Å². The number of pyridine rings is 1. The van der Waals surface area contributed by atoms with E-state index in [1.807, 2.05) is 11.8 Å². The van der Waals surface area contributed by atoms with Gasteiger partial charge in [0.15, 0.2) is 0 Å². The van der Waals surface area contributed by atoms with E-state index in [4.69, 9.17) is 4.74 Å². The third kappa shape index (κ3) is 5.53. The van der Waals surface area contributed by atoms with Gasteiger partial charge in [0, 0.05) is 48.1 Å². The summed E-state index contributed by atoms with van der Waals surface area (Å²) in [6, 6.07) is 8.16. The fourth-order valence-electron chi connectivity index (χ4n) is 5.99. The van der Waals surface area contributed by atoms with Crippen LogP contribution < -0.4 is 4.74 Å². The molecule has 0 radical (unpaired) electrons. The van der Waals surface area contributed by atoms with Crippen molar-refractivity contribution < 1.29 is 27.1 Å². The molecule has 3 aliphatic rings. The number of carbonyl (C=O) groups excluding carboxylic acids is 1. The van der Waals surface area contributed by atoms with Crippen molar-refractivity contribution in [2.75, 3.05) is 32.8 Å². The first-order chi connectivity index (χ1) is 18.1. The van der Waals surface area contributed by atoms with Crippen LogP contribution in [0.15, 0.2) is 36.5 Å². The van der Waals surface area contributed by atoms with Gasteiger partial charge in [-0.25, -0.2) is 9.37 Å². The van der Waals surface area contributed by atoms with Crippen molar-refractivity contribution in [1.82, 2.24) is 14.8 Å². The number of halogens is 4. The van der Waals surface area contributed by atoms with E-state index in [2.05, 4.69) is 4.98 Å². The molecule has 1 atom stereocenters. The highest BCUT2D eigenvalue weighted by Crippen LogP contribution is 2.53. The topological polar surface area (TPSA) is 45.7 Å². The number of likely N-dealkylation sites (tertiary alicyclic amines) is 2. The number of amides is 1. The minimum Gasteiger partial charge on any atom is -0.477 e. The number of aromatic nitrogens is 1. The molecule has 9 heteroatoms. The highest BCUT2D eigenvalue weighted by Gasteiger charge is 2.58. The molecule has 2 saturated heterocycles. The predicted molar refractivity (Wildman–Crippen MR) is 136 cm³/mol. The molecule has 1 unspecified atom stereocenters. The van der Waals surface area contributed by atoms with Crippen molar-refractivity contribution in [3.8, 4) is 17.0 Å². The molecule has 38 heavy (non-hydrogen) atoms. The van der Waals surface area contributed by atoms with Crippen LogP contribution >= 0.6 is 0 Å². The van der Waals surface area contributed by atoms with Crippen molar-refractivity contribution in [2.24, 2.45) is 11.3 Å². The zero-order chi connectivity index (χ0) is 26.9. The minimum atomic E-state index is -4.13. The summed E-state index contributed by atoms with van der Waals surface area (Å²) in [5.41, 5.74) is -0.207. The Morgan fingerprint density at radius 3 is 2.39 bits per heavy atom. The van der Waals surface area contributed by atoms with Crippen molar-refractivity contribution in [3.63, 3.8) is 0 Å². The van der Waals surface area contributed by atoms with Gasteiger partial charge >= 0.3 is 6.18 Å². The van der Waals surface area contributed by atoms with E-state index in [9.17, 15) is 22.4 Å². The summed E-state index contributed by atoms with van der Waals surface area (Å²) in [7, 11) is 0.